The quantitative estimate of drug-likeness (QED) is 0.464. The Hall–Kier alpha value is 1.56. The van der Waals surface area contributed by atoms with Crippen LogP contribution in [-0.2, 0) is 21.1 Å². The maximum Gasteiger partial charge on any atom is 0.402 e. The van der Waals surface area contributed by atoms with E-state index in [0.717, 1.165) is 0 Å². The van der Waals surface area contributed by atoms with Crippen LogP contribution in [0.5, 0.6) is 0 Å². The van der Waals surface area contributed by atoms with Crippen LogP contribution in [0.3, 0.4) is 0 Å². The maximum atomic E-state index is 12.6. The van der Waals surface area contributed by atoms with E-state index in [1.807, 2.05) is 0 Å². The van der Waals surface area contributed by atoms with Crippen LogP contribution in [-0.4, -0.2) is 15.1 Å². The topological polar surface area (TPSA) is 52.0 Å². The van der Waals surface area contributed by atoms with Gasteiger partial charge in [-0.3, -0.25) is 11.5 Å². The average molecular weight is 489 g/mol. The number of hydrogen-bond acceptors (Lipinski definition) is 2. The Morgan fingerprint density at radius 2 is 1.07 bits per heavy atom. The van der Waals surface area contributed by atoms with Crippen molar-refractivity contribution in [3.63, 3.8) is 0 Å². The van der Waals surface area contributed by atoms with Gasteiger partial charge >= 0.3 is 6.18 Å². The van der Waals surface area contributed by atoms with Gasteiger partial charge in [0.2, 0.25) is 0 Å². The summed E-state index contributed by atoms with van der Waals surface area (Å²) in [6, 6.07) is 0. The Bertz CT molecular complexity index is 186. The SMILES string of the molecule is CC(C(F)(F)F)(C(N)(Cl)Cl)C(N)(Cl)Cl.[Pt]. The van der Waals surface area contributed by atoms with Crippen molar-refractivity contribution in [2.24, 2.45) is 16.9 Å². The Labute approximate surface area is 119 Å². The molecular weight excluding hydrogens is 482 g/mol. The van der Waals surface area contributed by atoms with E-state index < -0.39 is 20.5 Å². The van der Waals surface area contributed by atoms with E-state index in [2.05, 4.69) is 0 Å². The Morgan fingerprint density at radius 3 is 1.07 bits per heavy atom. The third-order valence-corrected chi connectivity index (χ3v) is 3.41. The van der Waals surface area contributed by atoms with E-state index in [-0.39, 0.29) is 21.1 Å². The Morgan fingerprint density at radius 1 is 0.867 bits per heavy atom. The molecule has 0 saturated carbocycles. The minimum Gasteiger partial charge on any atom is -0.299 e. The second kappa shape index (κ2) is 5.05. The number of hydrogen-bond donors (Lipinski definition) is 2. The molecule has 10 heteroatoms. The van der Waals surface area contributed by atoms with E-state index in [1.165, 1.54) is 0 Å². The molecule has 15 heavy (non-hydrogen) atoms. The van der Waals surface area contributed by atoms with E-state index in [4.69, 9.17) is 57.9 Å². The van der Waals surface area contributed by atoms with E-state index in [0.29, 0.717) is 6.92 Å². The Balaban J connectivity index is 0. The zero-order chi connectivity index (χ0) is 12.0. The predicted octanol–water partition coefficient (Wildman–Crippen LogP) is 2.73. The summed E-state index contributed by atoms with van der Waals surface area (Å²) in [4.78, 5) is 0. The average Bonchev–Trinajstić information content (AvgIpc) is 1.77. The van der Waals surface area contributed by atoms with Crippen molar-refractivity contribution in [1.82, 2.24) is 0 Å². The van der Waals surface area contributed by atoms with Gasteiger partial charge in [0, 0.05) is 21.1 Å². The molecule has 0 atom stereocenters. The third kappa shape index (κ3) is 3.51. The summed E-state index contributed by atoms with van der Waals surface area (Å²) in [6.45, 7) is 0.535. The van der Waals surface area contributed by atoms with Crippen molar-refractivity contribution in [2.75, 3.05) is 0 Å². The molecule has 0 fully saturated rings. The van der Waals surface area contributed by atoms with Crippen LogP contribution in [0.2, 0.25) is 0 Å². The molecule has 0 aliphatic rings. The summed E-state index contributed by atoms with van der Waals surface area (Å²) in [6.07, 6.45) is -4.95. The summed E-state index contributed by atoms with van der Waals surface area (Å²) >= 11 is 20.7. The smallest absolute Gasteiger partial charge is 0.299 e. The minimum atomic E-state index is -4.95. The number of nitrogens with two attached hydrogens (primary N) is 2. The molecule has 0 spiro atoms. The van der Waals surface area contributed by atoms with Crippen LogP contribution in [0.15, 0.2) is 0 Å². The van der Waals surface area contributed by atoms with Crippen molar-refractivity contribution >= 4 is 46.4 Å². The summed E-state index contributed by atoms with van der Waals surface area (Å²) in [7, 11) is 0. The molecule has 2 nitrogen and oxygen atoms in total. The van der Waals surface area contributed by atoms with Crippen molar-refractivity contribution in [3.8, 4) is 0 Å². The number of alkyl halides is 7. The zero-order valence-corrected chi connectivity index (χ0v) is 12.4. The molecule has 0 aromatic heterocycles. The van der Waals surface area contributed by atoms with Gasteiger partial charge in [0.1, 0.15) is 0 Å². The standard InChI is InChI=1S/C5H7Cl4F3N2.Pt/c1-2(3(6,7)13,4(8,9)14)5(10,11)12;/h13-14H2,1H3;. The van der Waals surface area contributed by atoms with Gasteiger partial charge in [-0.25, -0.2) is 0 Å². The fraction of sp³-hybridized carbons (Fsp3) is 1.00. The van der Waals surface area contributed by atoms with Gasteiger partial charge in [-0.15, -0.1) is 0 Å². The summed E-state index contributed by atoms with van der Waals surface area (Å²) in [5, 5.41) is 0. The Kier molecular flexibility index (Phi) is 6.36. The number of rotatable bonds is 2. The number of halogens is 7. The summed E-state index contributed by atoms with van der Waals surface area (Å²) < 4.78 is 32.3. The van der Waals surface area contributed by atoms with Gasteiger partial charge in [-0.1, -0.05) is 46.4 Å². The van der Waals surface area contributed by atoms with Crippen molar-refractivity contribution in [1.29, 1.82) is 0 Å². The van der Waals surface area contributed by atoms with Gasteiger partial charge < -0.3 is 0 Å². The van der Waals surface area contributed by atoms with Crippen molar-refractivity contribution in [3.05, 3.63) is 0 Å². The van der Waals surface area contributed by atoms with Gasteiger partial charge in [-0.05, 0) is 6.92 Å². The second-order valence-electron chi connectivity index (χ2n) is 2.87. The maximum absolute atomic E-state index is 12.6. The summed E-state index contributed by atoms with van der Waals surface area (Å²) in [5.41, 5.74) is 6.83. The largest absolute Gasteiger partial charge is 0.402 e. The molecule has 0 aliphatic carbocycles. The van der Waals surface area contributed by atoms with E-state index >= 15 is 0 Å². The van der Waals surface area contributed by atoms with Crippen molar-refractivity contribution < 1.29 is 34.2 Å². The summed E-state index contributed by atoms with van der Waals surface area (Å²) in [5.74, 6) is 0. The first-order valence-corrected chi connectivity index (χ1v) is 4.66. The predicted molar refractivity (Wildman–Crippen MR) is 51.4 cm³/mol. The van der Waals surface area contributed by atoms with E-state index in [9.17, 15) is 13.2 Å². The van der Waals surface area contributed by atoms with Crippen LogP contribution < -0.4 is 11.5 Å². The van der Waals surface area contributed by atoms with E-state index in [1.54, 1.807) is 0 Å². The molecule has 0 saturated heterocycles. The van der Waals surface area contributed by atoms with Crippen molar-refractivity contribution in [2.45, 2.75) is 22.0 Å². The minimum absolute atomic E-state index is 0. The molecule has 4 N–H and O–H groups in total. The third-order valence-electron chi connectivity index (χ3n) is 1.90. The second-order valence-corrected chi connectivity index (χ2v) is 5.64. The molecule has 96 valence electrons. The van der Waals surface area contributed by atoms with Gasteiger partial charge in [0.05, 0.1) is 0 Å². The molecule has 0 aromatic carbocycles. The van der Waals surface area contributed by atoms with Gasteiger partial charge in [-0.2, -0.15) is 13.2 Å². The fourth-order valence-electron chi connectivity index (χ4n) is 0.600. The zero-order valence-electron chi connectivity index (χ0n) is 7.12. The molecule has 0 radical (unpaired) electrons. The van der Waals surface area contributed by atoms with Gasteiger partial charge in [0.15, 0.2) is 14.3 Å². The molecular formula is C5H7Cl4F3N2Pt. The molecule has 0 unspecified atom stereocenters. The van der Waals surface area contributed by atoms with Crippen LogP contribution >= 0.6 is 46.4 Å². The van der Waals surface area contributed by atoms with Crippen LogP contribution in [0, 0.1) is 5.41 Å². The molecule has 0 aliphatic heterocycles. The molecule has 0 rings (SSSR count). The molecule has 0 aromatic rings. The molecule has 0 bridgehead atoms. The first-order valence-electron chi connectivity index (χ1n) is 3.15. The first-order chi connectivity index (χ1) is 5.75. The van der Waals surface area contributed by atoms with Crippen LogP contribution in [0.4, 0.5) is 13.2 Å². The first kappa shape index (κ1) is 18.9. The molecule has 0 heterocycles. The monoisotopic (exact) mass is 487 g/mol. The van der Waals surface area contributed by atoms with Crippen LogP contribution in [0.25, 0.3) is 0 Å². The van der Waals surface area contributed by atoms with Crippen LogP contribution in [0.1, 0.15) is 6.92 Å². The molecule has 0 amide bonds. The normalized spacial score (nSPS) is 14.8. The fourth-order valence-corrected chi connectivity index (χ4v) is 1.82. The van der Waals surface area contributed by atoms with Gasteiger partial charge in [0.25, 0.3) is 0 Å².